The Labute approximate surface area is 164 Å². The highest BCUT2D eigenvalue weighted by Gasteiger charge is 2.06. The summed E-state index contributed by atoms with van der Waals surface area (Å²) in [4.78, 5) is 27.7. The van der Waals surface area contributed by atoms with Crippen molar-refractivity contribution in [3.8, 4) is 0 Å². The number of anilines is 1. The standard InChI is InChI=1S/C19H15N3O3S2/c23-18(11-8-14-6-9-16(10-7-14)22(24)25)21-19-20-15(13-27-19)12-26-17-4-2-1-3-5-17/h1-11,13H,12H2,(H,20,21,23)/b11-8+. The van der Waals surface area contributed by atoms with E-state index >= 15 is 0 Å². The summed E-state index contributed by atoms with van der Waals surface area (Å²) < 4.78 is 0. The van der Waals surface area contributed by atoms with Crippen molar-refractivity contribution in [2.45, 2.75) is 10.6 Å². The summed E-state index contributed by atoms with van der Waals surface area (Å²) in [5.41, 5.74) is 1.62. The Morgan fingerprint density at radius 3 is 2.63 bits per heavy atom. The van der Waals surface area contributed by atoms with E-state index in [2.05, 4.69) is 10.3 Å². The molecule has 1 N–H and O–H groups in total. The first kappa shape index (κ1) is 18.8. The molecule has 0 saturated carbocycles. The highest BCUT2D eigenvalue weighted by atomic mass is 32.2. The monoisotopic (exact) mass is 397 g/mol. The zero-order chi connectivity index (χ0) is 19.1. The van der Waals surface area contributed by atoms with Crippen LogP contribution in [0.15, 0.2) is 70.9 Å². The minimum absolute atomic E-state index is 0.0142. The number of thiazole rings is 1. The molecule has 6 nitrogen and oxygen atoms in total. The second-order valence-corrected chi connectivity index (χ2v) is 7.32. The first-order valence-electron chi connectivity index (χ1n) is 7.96. The van der Waals surface area contributed by atoms with E-state index < -0.39 is 4.92 Å². The topological polar surface area (TPSA) is 85.1 Å². The molecular weight excluding hydrogens is 382 g/mol. The van der Waals surface area contributed by atoms with Crippen LogP contribution in [-0.4, -0.2) is 15.8 Å². The molecule has 1 amide bonds. The summed E-state index contributed by atoms with van der Waals surface area (Å²) in [7, 11) is 0. The van der Waals surface area contributed by atoms with Crippen LogP contribution in [0.4, 0.5) is 10.8 Å². The maximum Gasteiger partial charge on any atom is 0.269 e. The van der Waals surface area contributed by atoms with Crippen LogP contribution in [0.1, 0.15) is 11.3 Å². The van der Waals surface area contributed by atoms with Crippen molar-refractivity contribution in [2.24, 2.45) is 0 Å². The van der Waals surface area contributed by atoms with E-state index in [0.29, 0.717) is 10.7 Å². The van der Waals surface area contributed by atoms with Crippen LogP contribution < -0.4 is 5.32 Å². The number of non-ortho nitro benzene ring substituents is 1. The largest absolute Gasteiger partial charge is 0.298 e. The van der Waals surface area contributed by atoms with E-state index in [1.54, 1.807) is 30.0 Å². The van der Waals surface area contributed by atoms with Gasteiger partial charge in [0.05, 0.1) is 10.6 Å². The van der Waals surface area contributed by atoms with Crippen molar-refractivity contribution >= 4 is 45.9 Å². The maximum atomic E-state index is 12.0. The van der Waals surface area contributed by atoms with Crippen molar-refractivity contribution in [1.82, 2.24) is 4.98 Å². The van der Waals surface area contributed by atoms with Crippen molar-refractivity contribution in [3.05, 3.63) is 87.4 Å². The van der Waals surface area contributed by atoms with E-state index in [0.717, 1.165) is 11.4 Å². The molecule has 2 aromatic carbocycles. The molecule has 0 saturated heterocycles. The Hall–Kier alpha value is -2.97. The number of benzene rings is 2. The predicted octanol–water partition coefficient (Wildman–Crippen LogP) is 5.00. The van der Waals surface area contributed by atoms with E-state index in [1.165, 1.54) is 34.4 Å². The number of amides is 1. The Morgan fingerprint density at radius 2 is 1.93 bits per heavy atom. The summed E-state index contributed by atoms with van der Waals surface area (Å²) in [6.07, 6.45) is 2.97. The van der Waals surface area contributed by atoms with Gasteiger partial charge in [-0.2, -0.15) is 0 Å². The Kier molecular flexibility index (Phi) is 6.35. The van der Waals surface area contributed by atoms with Crippen molar-refractivity contribution in [3.63, 3.8) is 0 Å². The summed E-state index contributed by atoms with van der Waals surface area (Å²) in [6.45, 7) is 0. The number of nitro groups is 1. The average molecular weight is 397 g/mol. The molecule has 0 unspecified atom stereocenters. The number of nitro benzene ring substituents is 1. The number of aromatic nitrogens is 1. The molecule has 0 spiro atoms. The fourth-order valence-electron chi connectivity index (χ4n) is 2.13. The van der Waals surface area contributed by atoms with Gasteiger partial charge in [-0.15, -0.1) is 23.1 Å². The molecule has 0 aliphatic rings. The minimum atomic E-state index is -0.462. The van der Waals surface area contributed by atoms with Crippen LogP contribution >= 0.6 is 23.1 Å². The molecule has 0 bridgehead atoms. The predicted molar refractivity (Wildman–Crippen MR) is 109 cm³/mol. The van der Waals surface area contributed by atoms with Gasteiger partial charge in [0.15, 0.2) is 5.13 Å². The summed E-state index contributed by atoms with van der Waals surface area (Å²) in [5.74, 6) is 0.430. The van der Waals surface area contributed by atoms with Crippen molar-refractivity contribution < 1.29 is 9.72 Å². The molecule has 0 aliphatic carbocycles. The van der Waals surface area contributed by atoms with Crippen LogP contribution in [0.3, 0.4) is 0 Å². The normalized spacial score (nSPS) is 10.8. The van der Waals surface area contributed by atoms with Gasteiger partial charge in [-0.05, 0) is 35.9 Å². The summed E-state index contributed by atoms with van der Waals surface area (Å²) in [5, 5.41) is 15.8. The van der Waals surface area contributed by atoms with Gasteiger partial charge in [0.25, 0.3) is 5.69 Å². The molecule has 0 aliphatic heterocycles. The van der Waals surface area contributed by atoms with Crippen LogP contribution in [0, 0.1) is 10.1 Å². The summed E-state index contributed by atoms with van der Waals surface area (Å²) >= 11 is 3.06. The van der Waals surface area contributed by atoms with E-state index in [1.807, 2.05) is 35.7 Å². The fraction of sp³-hybridized carbons (Fsp3) is 0.0526. The van der Waals surface area contributed by atoms with Gasteiger partial charge in [0.1, 0.15) is 0 Å². The first-order chi connectivity index (χ1) is 13.1. The van der Waals surface area contributed by atoms with E-state index in [9.17, 15) is 14.9 Å². The SMILES string of the molecule is O=C(/C=C/c1ccc([N+](=O)[O-])cc1)Nc1nc(CSc2ccccc2)cs1. The lowest BCUT2D eigenvalue weighted by Gasteiger charge is -1.98. The zero-order valence-corrected chi connectivity index (χ0v) is 15.7. The molecule has 3 aromatic rings. The molecule has 3 rings (SSSR count). The number of rotatable bonds is 7. The quantitative estimate of drug-likeness (QED) is 0.263. The first-order valence-corrected chi connectivity index (χ1v) is 9.82. The molecule has 0 atom stereocenters. The smallest absolute Gasteiger partial charge is 0.269 e. The van der Waals surface area contributed by atoms with E-state index in [-0.39, 0.29) is 11.6 Å². The zero-order valence-electron chi connectivity index (χ0n) is 14.1. The van der Waals surface area contributed by atoms with Crippen LogP contribution in [0.5, 0.6) is 0 Å². The number of hydrogen-bond donors (Lipinski definition) is 1. The van der Waals surface area contributed by atoms with Crippen molar-refractivity contribution in [2.75, 3.05) is 5.32 Å². The van der Waals surface area contributed by atoms with Gasteiger partial charge in [0.2, 0.25) is 5.91 Å². The number of carbonyl (C=O) groups is 1. The van der Waals surface area contributed by atoms with Crippen LogP contribution in [0.2, 0.25) is 0 Å². The third-order valence-electron chi connectivity index (χ3n) is 3.44. The molecule has 8 heteroatoms. The van der Waals surface area contributed by atoms with Crippen LogP contribution in [0.25, 0.3) is 6.08 Å². The minimum Gasteiger partial charge on any atom is -0.298 e. The lowest BCUT2D eigenvalue weighted by atomic mass is 10.2. The second kappa shape index (κ2) is 9.11. The van der Waals surface area contributed by atoms with Gasteiger partial charge in [-0.3, -0.25) is 20.2 Å². The highest BCUT2D eigenvalue weighted by molar-refractivity contribution is 7.98. The van der Waals surface area contributed by atoms with Gasteiger partial charge >= 0.3 is 0 Å². The van der Waals surface area contributed by atoms with Crippen molar-refractivity contribution in [1.29, 1.82) is 0 Å². The fourth-order valence-corrected chi connectivity index (χ4v) is 3.76. The Morgan fingerprint density at radius 1 is 1.19 bits per heavy atom. The molecule has 136 valence electrons. The molecule has 0 radical (unpaired) electrons. The lowest BCUT2D eigenvalue weighted by Crippen LogP contribution is -2.07. The number of carbonyl (C=O) groups excluding carboxylic acids is 1. The van der Waals surface area contributed by atoms with E-state index in [4.69, 9.17) is 0 Å². The highest BCUT2D eigenvalue weighted by Crippen LogP contribution is 2.24. The Balaban J connectivity index is 1.52. The lowest BCUT2D eigenvalue weighted by molar-refractivity contribution is -0.384. The molecule has 1 aromatic heterocycles. The molecule has 0 fully saturated rings. The van der Waals surface area contributed by atoms with Gasteiger partial charge in [0, 0.05) is 34.2 Å². The third kappa shape index (κ3) is 5.77. The average Bonchev–Trinajstić information content (AvgIpc) is 3.13. The second-order valence-electron chi connectivity index (χ2n) is 5.42. The maximum absolute atomic E-state index is 12.0. The molecule has 27 heavy (non-hydrogen) atoms. The van der Waals surface area contributed by atoms with Gasteiger partial charge in [-0.1, -0.05) is 18.2 Å². The summed E-state index contributed by atoms with van der Waals surface area (Å²) in [6, 6.07) is 16.0. The number of thioether (sulfide) groups is 1. The molecule has 1 heterocycles. The number of nitrogens with zero attached hydrogens (tertiary/aromatic N) is 2. The van der Waals surface area contributed by atoms with Crippen LogP contribution in [-0.2, 0) is 10.5 Å². The number of nitrogens with one attached hydrogen (secondary N) is 1. The molecular formula is C19H15N3O3S2. The van der Waals surface area contributed by atoms with Gasteiger partial charge < -0.3 is 0 Å². The third-order valence-corrected chi connectivity index (χ3v) is 5.30. The number of hydrogen-bond acceptors (Lipinski definition) is 6. The Bertz CT molecular complexity index is 954. The van der Waals surface area contributed by atoms with Gasteiger partial charge in [-0.25, -0.2) is 4.98 Å².